The van der Waals surface area contributed by atoms with Crippen LogP contribution in [0.3, 0.4) is 0 Å². The van der Waals surface area contributed by atoms with Crippen molar-refractivity contribution in [1.29, 1.82) is 0 Å². The third-order valence-electron chi connectivity index (χ3n) is 3.13. The number of hydrogen-bond acceptors (Lipinski definition) is 5. The summed E-state index contributed by atoms with van der Waals surface area (Å²) in [7, 11) is 3.63. The molecule has 1 amide bonds. The van der Waals surface area contributed by atoms with Crippen LogP contribution < -0.4 is 16.0 Å². The Hall–Kier alpha value is -1.59. The summed E-state index contributed by atoms with van der Waals surface area (Å²) in [5.74, 6) is 2.37. The first-order valence-electron chi connectivity index (χ1n) is 7.99. The zero-order chi connectivity index (χ0) is 18.2. The van der Waals surface area contributed by atoms with E-state index in [1.807, 2.05) is 39.3 Å². The number of ether oxygens (including phenoxy) is 1. The van der Waals surface area contributed by atoms with Gasteiger partial charge in [0.05, 0.1) is 6.54 Å². The fourth-order valence-electron chi connectivity index (χ4n) is 1.79. The Bertz CT molecular complexity index is 567. The number of nitrogens with zero attached hydrogens (tertiary/aromatic N) is 4. The molecular weight excluding hydrogens is 437 g/mol. The Morgan fingerprint density at radius 1 is 1.20 bits per heavy atom. The molecule has 0 aromatic carbocycles. The molecule has 0 aliphatic carbocycles. The molecule has 9 nitrogen and oxygen atoms in total. The van der Waals surface area contributed by atoms with Gasteiger partial charge in [-0.3, -0.25) is 4.99 Å². The number of amides is 1. The van der Waals surface area contributed by atoms with E-state index >= 15 is 0 Å². The van der Waals surface area contributed by atoms with Gasteiger partial charge in [0, 0.05) is 27.2 Å². The Labute approximate surface area is 166 Å². The van der Waals surface area contributed by atoms with Crippen molar-refractivity contribution >= 4 is 36.0 Å². The molecule has 1 aromatic rings. The third-order valence-corrected chi connectivity index (χ3v) is 3.13. The predicted molar refractivity (Wildman–Crippen MR) is 108 cm³/mol. The highest BCUT2D eigenvalue weighted by atomic mass is 127. The van der Waals surface area contributed by atoms with Gasteiger partial charge in [-0.15, -0.1) is 34.2 Å². The highest BCUT2D eigenvalue weighted by Crippen LogP contribution is 2.06. The zero-order valence-corrected chi connectivity index (χ0v) is 18.2. The number of rotatable bonds is 6. The van der Waals surface area contributed by atoms with E-state index in [4.69, 9.17) is 4.74 Å². The van der Waals surface area contributed by atoms with Crippen molar-refractivity contribution in [3.05, 3.63) is 11.6 Å². The third kappa shape index (κ3) is 9.46. The Balaban J connectivity index is 0.00000576. The molecular formula is C15H30IN7O2. The van der Waals surface area contributed by atoms with Crippen LogP contribution in [0, 0.1) is 6.92 Å². The molecule has 0 radical (unpaired) electrons. The van der Waals surface area contributed by atoms with Crippen LogP contribution in [-0.2, 0) is 18.3 Å². The summed E-state index contributed by atoms with van der Waals surface area (Å²) < 4.78 is 7.09. The molecule has 0 spiro atoms. The highest BCUT2D eigenvalue weighted by Gasteiger charge is 2.15. The highest BCUT2D eigenvalue weighted by molar-refractivity contribution is 14.0. The molecule has 0 saturated carbocycles. The predicted octanol–water partition coefficient (Wildman–Crippen LogP) is 1.32. The van der Waals surface area contributed by atoms with E-state index in [9.17, 15) is 4.79 Å². The molecule has 0 fully saturated rings. The van der Waals surface area contributed by atoms with Gasteiger partial charge in [0.1, 0.15) is 11.4 Å². The smallest absolute Gasteiger partial charge is 0.407 e. The van der Waals surface area contributed by atoms with E-state index < -0.39 is 11.7 Å². The van der Waals surface area contributed by atoms with Crippen molar-refractivity contribution in [2.24, 2.45) is 12.0 Å². The lowest BCUT2D eigenvalue weighted by Crippen LogP contribution is -2.39. The lowest BCUT2D eigenvalue weighted by Gasteiger charge is -2.19. The second-order valence-corrected chi connectivity index (χ2v) is 6.36. The lowest BCUT2D eigenvalue weighted by molar-refractivity contribution is 0.0527. The second-order valence-electron chi connectivity index (χ2n) is 6.36. The van der Waals surface area contributed by atoms with E-state index in [1.54, 1.807) is 7.05 Å². The minimum Gasteiger partial charge on any atom is -0.444 e. The molecule has 0 aliphatic heterocycles. The van der Waals surface area contributed by atoms with Gasteiger partial charge < -0.3 is 25.3 Å². The van der Waals surface area contributed by atoms with Crippen LogP contribution in [0.2, 0.25) is 0 Å². The molecule has 1 heterocycles. The summed E-state index contributed by atoms with van der Waals surface area (Å²) in [6, 6.07) is 0. The molecule has 10 heteroatoms. The molecule has 1 aromatic heterocycles. The fourth-order valence-corrected chi connectivity index (χ4v) is 1.79. The van der Waals surface area contributed by atoms with Crippen LogP contribution in [0.5, 0.6) is 0 Å². The van der Waals surface area contributed by atoms with Crippen molar-refractivity contribution < 1.29 is 9.53 Å². The molecule has 1 rings (SSSR count). The summed E-state index contributed by atoms with van der Waals surface area (Å²) >= 11 is 0. The maximum atomic E-state index is 11.5. The summed E-state index contributed by atoms with van der Waals surface area (Å²) in [6.07, 6.45) is 0.353. The van der Waals surface area contributed by atoms with Gasteiger partial charge in [-0.1, -0.05) is 0 Å². The topological polar surface area (TPSA) is 105 Å². The number of aliphatic imine (C=N–C) groups is 1. The van der Waals surface area contributed by atoms with Gasteiger partial charge in [0.2, 0.25) is 0 Å². The number of alkyl carbamates (subject to hydrolysis) is 1. The van der Waals surface area contributed by atoms with Gasteiger partial charge in [0.15, 0.2) is 11.8 Å². The van der Waals surface area contributed by atoms with Gasteiger partial charge >= 0.3 is 6.09 Å². The molecule has 0 aliphatic rings. The minimum atomic E-state index is -0.480. The SMILES string of the molecule is CN=C(NCCCNC(=O)OC(C)(C)C)NCc1nnc(C)n1C.I. The maximum Gasteiger partial charge on any atom is 0.407 e. The average molecular weight is 467 g/mol. The maximum absolute atomic E-state index is 11.5. The molecule has 0 bridgehead atoms. The number of carbonyl (C=O) groups is 1. The van der Waals surface area contributed by atoms with Gasteiger partial charge in [0.25, 0.3) is 0 Å². The van der Waals surface area contributed by atoms with E-state index in [0.717, 1.165) is 18.1 Å². The first-order valence-corrected chi connectivity index (χ1v) is 7.99. The first-order chi connectivity index (χ1) is 11.2. The van der Waals surface area contributed by atoms with Crippen LogP contribution in [0.15, 0.2) is 4.99 Å². The monoisotopic (exact) mass is 467 g/mol. The first kappa shape index (κ1) is 23.4. The number of carbonyl (C=O) groups excluding carboxylic acids is 1. The number of nitrogens with one attached hydrogen (secondary N) is 3. The van der Waals surface area contributed by atoms with E-state index in [1.165, 1.54) is 0 Å². The molecule has 25 heavy (non-hydrogen) atoms. The number of aromatic nitrogens is 3. The van der Waals surface area contributed by atoms with Crippen LogP contribution in [0.25, 0.3) is 0 Å². The van der Waals surface area contributed by atoms with E-state index in [2.05, 4.69) is 31.1 Å². The lowest BCUT2D eigenvalue weighted by atomic mass is 10.2. The fraction of sp³-hybridized carbons (Fsp3) is 0.733. The largest absolute Gasteiger partial charge is 0.444 e. The van der Waals surface area contributed by atoms with Crippen molar-refractivity contribution in [1.82, 2.24) is 30.7 Å². The summed E-state index contributed by atoms with van der Waals surface area (Å²) in [4.78, 5) is 15.6. The van der Waals surface area contributed by atoms with Gasteiger partial charge in [-0.25, -0.2) is 4.79 Å². The van der Waals surface area contributed by atoms with Gasteiger partial charge in [-0.05, 0) is 34.1 Å². The Morgan fingerprint density at radius 2 is 1.84 bits per heavy atom. The van der Waals surface area contributed by atoms with Crippen molar-refractivity contribution in [2.45, 2.75) is 46.3 Å². The Morgan fingerprint density at radius 3 is 2.36 bits per heavy atom. The second kappa shape index (κ2) is 11.1. The number of aryl methyl sites for hydroxylation is 1. The molecule has 0 unspecified atom stereocenters. The average Bonchev–Trinajstić information content (AvgIpc) is 2.80. The van der Waals surface area contributed by atoms with Crippen LogP contribution in [0.1, 0.15) is 38.8 Å². The van der Waals surface area contributed by atoms with Crippen molar-refractivity contribution in [2.75, 3.05) is 20.1 Å². The summed E-state index contributed by atoms with van der Waals surface area (Å²) in [5.41, 5.74) is -0.480. The van der Waals surface area contributed by atoms with E-state index in [0.29, 0.717) is 25.6 Å². The normalized spacial score (nSPS) is 11.5. The number of guanidine groups is 1. The van der Waals surface area contributed by atoms with Crippen molar-refractivity contribution in [3.63, 3.8) is 0 Å². The summed E-state index contributed by atoms with van der Waals surface area (Å²) in [5, 5.41) is 17.2. The standard InChI is InChI=1S/C15H29N7O2.HI/c1-11-20-21-12(22(11)6)10-19-13(16-5)17-8-7-9-18-14(23)24-15(2,3)4;/h7-10H2,1-6H3,(H,18,23)(H2,16,17,19);1H. The van der Waals surface area contributed by atoms with Gasteiger partial charge in [-0.2, -0.15) is 0 Å². The Kier molecular flexibility index (Phi) is 10.4. The molecule has 3 N–H and O–H groups in total. The minimum absolute atomic E-state index is 0. The van der Waals surface area contributed by atoms with Crippen LogP contribution in [0.4, 0.5) is 4.79 Å². The molecule has 0 saturated heterocycles. The quantitative estimate of drug-likeness (QED) is 0.252. The number of halogens is 1. The van der Waals surface area contributed by atoms with Crippen LogP contribution in [-0.4, -0.2) is 52.6 Å². The summed E-state index contributed by atoms with van der Waals surface area (Å²) in [6.45, 7) is 9.15. The van der Waals surface area contributed by atoms with Crippen molar-refractivity contribution in [3.8, 4) is 0 Å². The molecule has 144 valence electrons. The zero-order valence-electron chi connectivity index (χ0n) is 15.8. The van der Waals surface area contributed by atoms with E-state index in [-0.39, 0.29) is 24.0 Å². The number of hydrogen-bond donors (Lipinski definition) is 3. The molecule has 0 atom stereocenters. The van der Waals surface area contributed by atoms with Crippen LogP contribution >= 0.6 is 24.0 Å².